The van der Waals surface area contributed by atoms with E-state index in [1.54, 1.807) is 6.07 Å². The Morgan fingerprint density at radius 1 is 1.12 bits per heavy atom. The molecule has 0 aromatic heterocycles. The van der Waals surface area contributed by atoms with Crippen LogP contribution in [0.5, 0.6) is 17.2 Å². The van der Waals surface area contributed by atoms with E-state index in [0.717, 1.165) is 19.4 Å². The molecular formula is C18H27BrN2O4. The van der Waals surface area contributed by atoms with Crippen LogP contribution in [0.25, 0.3) is 0 Å². The second-order valence-electron chi connectivity index (χ2n) is 6.02. The molecule has 25 heavy (non-hydrogen) atoms. The third kappa shape index (κ3) is 5.01. The first-order chi connectivity index (χ1) is 12.1. The number of unbranched alkanes of at least 4 members (excludes halogenated alkanes) is 1. The van der Waals surface area contributed by atoms with Gasteiger partial charge in [-0.3, -0.25) is 4.79 Å². The number of methoxy groups -OCH3 is 3. The van der Waals surface area contributed by atoms with E-state index in [1.165, 1.54) is 47.3 Å². The molecular weight excluding hydrogens is 388 g/mol. The van der Waals surface area contributed by atoms with Gasteiger partial charge in [0.15, 0.2) is 11.5 Å². The van der Waals surface area contributed by atoms with Gasteiger partial charge in [0.25, 0.3) is 5.91 Å². The van der Waals surface area contributed by atoms with Crippen LogP contribution < -0.4 is 19.5 Å². The van der Waals surface area contributed by atoms with E-state index in [-0.39, 0.29) is 5.91 Å². The Labute approximate surface area is 157 Å². The van der Waals surface area contributed by atoms with Crippen molar-refractivity contribution < 1.29 is 19.0 Å². The van der Waals surface area contributed by atoms with Crippen LogP contribution in [0.4, 0.5) is 0 Å². The van der Waals surface area contributed by atoms with Gasteiger partial charge in [0.1, 0.15) is 0 Å². The summed E-state index contributed by atoms with van der Waals surface area (Å²) < 4.78 is 16.6. The first-order valence-corrected chi connectivity index (χ1v) is 9.40. The van der Waals surface area contributed by atoms with Crippen molar-refractivity contribution >= 4 is 21.8 Å². The molecule has 140 valence electrons. The highest BCUT2D eigenvalue weighted by Crippen LogP contribution is 2.44. The molecule has 6 nitrogen and oxygen atoms in total. The molecule has 1 aliphatic heterocycles. The largest absolute Gasteiger partial charge is 0.493 e. The molecule has 0 unspecified atom stereocenters. The first-order valence-electron chi connectivity index (χ1n) is 8.61. The number of benzene rings is 1. The third-order valence-corrected chi connectivity index (χ3v) is 5.19. The molecule has 1 fully saturated rings. The van der Waals surface area contributed by atoms with Crippen LogP contribution in [-0.4, -0.2) is 58.3 Å². The molecule has 1 heterocycles. The fourth-order valence-corrected chi connectivity index (χ4v) is 3.69. The zero-order chi connectivity index (χ0) is 18.2. The summed E-state index contributed by atoms with van der Waals surface area (Å²) in [5, 5.41) is 2.97. The van der Waals surface area contributed by atoms with E-state index in [0.29, 0.717) is 33.8 Å². The Morgan fingerprint density at radius 3 is 2.40 bits per heavy atom. The van der Waals surface area contributed by atoms with Gasteiger partial charge < -0.3 is 24.4 Å². The van der Waals surface area contributed by atoms with Crippen molar-refractivity contribution in [2.24, 2.45) is 0 Å². The average molecular weight is 415 g/mol. The van der Waals surface area contributed by atoms with Gasteiger partial charge in [-0.25, -0.2) is 0 Å². The van der Waals surface area contributed by atoms with E-state index in [9.17, 15) is 4.79 Å². The van der Waals surface area contributed by atoms with Gasteiger partial charge in [0.05, 0.1) is 31.4 Å². The Balaban J connectivity index is 1.93. The number of hydrogen-bond donors (Lipinski definition) is 1. The number of halogens is 1. The van der Waals surface area contributed by atoms with Crippen molar-refractivity contribution in [3.8, 4) is 17.2 Å². The number of likely N-dealkylation sites (tertiary alicyclic amines) is 1. The zero-order valence-electron chi connectivity index (χ0n) is 15.2. The van der Waals surface area contributed by atoms with Crippen molar-refractivity contribution in [3.05, 3.63) is 16.1 Å². The number of carbonyl (C=O) groups is 1. The van der Waals surface area contributed by atoms with Crippen LogP contribution in [0.1, 0.15) is 36.0 Å². The second kappa shape index (κ2) is 9.87. The number of ether oxygens (including phenoxy) is 3. The Hall–Kier alpha value is -1.47. The van der Waals surface area contributed by atoms with Gasteiger partial charge >= 0.3 is 0 Å². The van der Waals surface area contributed by atoms with E-state index in [4.69, 9.17) is 14.2 Å². The lowest BCUT2D eigenvalue weighted by Crippen LogP contribution is -2.26. The molecule has 0 bridgehead atoms. The van der Waals surface area contributed by atoms with Gasteiger partial charge in [0.2, 0.25) is 5.75 Å². The van der Waals surface area contributed by atoms with E-state index in [2.05, 4.69) is 26.1 Å². The van der Waals surface area contributed by atoms with Crippen LogP contribution in [0, 0.1) is 0 Å². The molecule has 1 N–H and O–H groups in total. The van der Waals surface area contributed by atoms with Gasteiger partial charge in [0, 0.05) is 6.54 Å². The minimum Gasteiger partial charge on any atom is -0.493 e. The first kappa shape index (κ1) is 19.8. The van der Waals surface area contributed by atoms with Crippen molar-refractivity contribution in [2.45, 2.75) is 25.7 Å². The Morgan fingerprint density at radius 2 is 1.80 bits per heavy atom. The quantitative estimate of drug-likeness (QED) is 0.629. The average Bonchev–Trinajstić information content (AvgIpc) is 3.14. The summed E-state index contributed by atoms with van der Waals surface area (Å²) >= 11 is 3.44. The van der Waals surface area contributed by atoms with Crippen molar-refractivity contribution in [3.63, 3.8) is 0 Å². The summed E-state index contributed by atoms with van der Waals surface area (Å²) in [6.07, 6.45) is 4.68. The van der Waals surface area contributed by atoms with Crippen LogP contribution in [0.15, 0.2) is 10.5 Å². The smallest absolute Gasteiger partial charge is 0.252 e. The number of hydrogen-bond acceptors (Lipinski definition) is 5. The Bertz CT molecular complexity index is 589. The molecule has 2 rings (SSSR count). The van der Waals surface area contributed by atoms with Gasteiger partial charge in [-0.2, -0.15) is 0 Å². The fourth-order valence-electron chi connectivity index (χ4n) is 3.05. The van der Waals surface area contributed by atoms with Crippen LogP contribution in [0.3, 0.4) is 0 Å². The topological polar surface area (TPSA) is 60.0 Å². The normalized spacial score (nSPS) is 14.4. The Kier molecular flexibility index (Phi) is 7.84. The third-order valence-electron chi connectivity index (χ3n) is 4.40. The maximum atomic E-state index is 12.5. The van der Waals surface area contributed by atoms with E-state index in [1.807, 2.05) is 0 Å². The molecule has 7 heteroatoms. The van der Waals surface area contributed by atoms with Crippen molar-refractivity contribution in [1.29, 1.82) is 0 Å². The molecule has 0 atom stereocenters. The molecule has 1 aromatic rings. The number of nitrogens with zero attached hydrogens (tertiary/aromatic N) is 1. The van der Waals surface area contributed by atoms with Crippen molar-refractivity contribution in [1.82, 2.24) is 10.2 Å². The lowest BCUT2D eigenvalue weighted by molar-refractivity contribution is 0.0951. The highest BCUT2D eigenvalue weighted by molar-refractivity contribution is 9.10. The lowest BCUT2D eigenvalue weighted by atomic mass is 10.1. The van der Waals surface area contributed by atoms with Gasteiger partial charge in [-0.15, -0.1) is 0 Å². The maximum Gasteiger partial charge on any atom is 0.252 e. The molecule has 1 saturated heterocycles. The monoisotopic (exact) mass is 414 g/mol. The number of amides is 1. The van der Waals surface area contributed by atoms with Gasteiger partial charge in [-0.1, -0.05) is 0 Å². The highest BCUT2D eigenvalue weighted by Gasteiger charge is 2.22. The summed E-state index contributed by atoms with van der Waals surface area (Å²) in [5.41, 5.74) is 0.467. The van der Waals surface area contributed by atoms with Crippen LogP contribution >= 0.6 is 15.9 Å². The summed E-state index contributed by atoms with van der Waals surface area (Å²) in [4.78, 5) is 15.0. The predicted molar refractivity (Wildman–Crippen MR) is 101 cm³/mol. The van der Waals surface area contributed by atoms with Gasteiger partial charge in [-0.05, 0) is 67.3 Å². The molecule has 1 amide bonds. The molecule has 1 aliphatic rings. The highest BCUT2D eigenvalue weighted by atomic mass is 79.9. The maximum absolute atomic E-state index is 12.5. The number of carbonyl (C=O) groups excluding carboxylic acids is 1. The predicted octanol–water partition coefficient (Wildman–Crippen LogP) is 3.08. The van der Waals surface area contributed by atoms with Crippen LogP contribution in [0.2, 0.25) is 0 Å². The molecule has 0 saturated carbocycles. The van der Waals surface area contributed by atoms with Crippen molar-refractivity contribution in [2.75, 3.05) is 47.5 Å². The second-order valence-corrected chi connectivity index (χ2v) is 6.81. The summed E-state index contributed by atoms with van der Waals surface area (Å²) in [6.45, 7) is 4.19. The number of rotatable bonds is 9. The summed E-state index contributed by atoms with van der Waals surface area (Å²) in [6, 6.07) is 1.66. The van der Waals surface area contributed by atoms with E-state index < -0.39 is 0 Å². The standard InChI is InChI=1S/C18H27BrN2O4/c1-23-14-12-13(15(19)17(25-3)16(14)24-2)18(22)20-8-4-5-9-21-10-6-7-11-21/h12H,4-11H2,1-3H3,(H,20,22). The molecule has 0 spiro atoms. The molecule has 1 aromatic carbocycles. The van der Waals surface area contributed by atoms with E-state index >= 15 is 0 Å². The zero-order valence-corrected chi connectivity index (χ0v) is 16.8. The lowest BCUT2D eigenvalue weighted by Gasteiger charge is -2.17. The summed E-state index contributed by atoms with van der Waals surface area (Å²) in [5.74, 6) is 1.20. The summed E-state index contributed by atoms with van der Waals surface area (Å²) in [7, 11) is 4.60. The minimum absolute atomic E-state index is 0.160. The number of nitrogens with one attached hydrogen (secondary N) is 1. The molecule has 0 aliphatic carbocycles. The minimum atomic E-state index is -0.160. The SMILES string of the molecule is COc1cc(C(=O)NCCCCN2CCCC2)c(Br)c(OC)c1OC. The molecule has 0 radical (unpaired) electrons. The fraction of sp³-hybridized carbons (Fsp3) is 0.611. The van der Waals surface area contributed by atoms with Crippen LogP contribution in [-0.2, 0) is 0 Å².